The number of hydrogen-bond acceptors (Lipinski definition) is 6. The average molecular weight is 406 g/mol. The summed E-state index contributed by atoms with van der Waals surface area (Å²) in [4.78, 5) is 33.1. The van der Waals surface area contributed by atoms with Crippen LogP contribution in [0.25, 0.3) is 16.3 Å². The Kier molecular flexibility index (Phi) is 5.35. The number of hydrogen-bond donors (Lipinski definition) is 2. The first-order valence-electron chi connectivity index (χ1n) is 8.95. The van der Waals surface area contributed by atoms with Gasteiger partial charge in [-0.2, -0.15) is 0 Å². The van der Waals surface area contributed by atoms with Crippen LogP contribution in [-0.2, 0) is 20.7 Å². The van der Waals surface area contributed by atoms with Gasteiger partial charge in [-0.3, -0.25) is 10.1 Å². The van der Waals surface area contributed by atoms with Crippen molar-refractivity contribution < 1.29 is 14.3 Å². The van der Waals surface area contributed by atoms with Crippen LogP contribution in [0.5, 0.6) is 0 Å². The molecule has 1 atom stereocenters. The van der Waals surface area contributed by atoms with Crippen LogP contribution in [-0.4, -0.2) is 36.0 Å². The second-order valence-electron chi connectivity index (χ2n) is 6.42. The molecule has 1 amide bonds. The Morgan fingerprint density at radius 2 is 2.07 bits per heavy atom. The molecule has 29 heavy (non-hydrogen) atoms. The molecule has 0 saturated carbocycles. The lowest BCUT2D eigenvalue weighted by molar-refractivity contribution is -0.142. The zero-order chi connectivity index (χ0) is 20.2. The Morgan fingerprint density at radius 3 is 2.86 bits per heavy atom. The van der Waals surface area contributed by atoms with Crippen LogP contribution in [0.4, 0.5) is 0 Å². The third-order valence-electron chi connectivity index (χ3n) is 4.43. The number of carbonyl (C=O) groups is 2. The summed E-state index contributed by atoms with van der Waals surface area (Å²) in [5.74, 6) is -0.548. The molecule has 0 radical (unpaired) electrons. The molecule has 0 bridgehead atoms. The smallest absolute Gasteiger partial charge is 0.331 e. The van der Waals surface area contributed by atoms with Gasteiger partial charge in [0.2, 0.25) is 5.96 Å². The van der Waals surface area contributed by atoms with Crippen molar-refractivity contribution in [2.24, 2.45) is 4.99 Å². The van der Waals surface area contributed by atoms with Gasteiger partial charge in [-0.05, 0) is 29.3 Å². The number of guanidine groups is 1. The molecule has 1 aromatic heterocycles. The number of thiazole rings is 1. The van der Waals surface area contributed by atoms with Crippen molar-refractivity contribution in [3.05, 3.63) is 70.9 Å². The highest BCUT2D eigenvalue weighted by atomic mass is 32.1. The van der Waals surface area contributed by atoms with E-state index in [0.29, 0.717) is 12.1 Å². The fraction of sp³-hybridized carbons (Fsp3) is 0.143. The molecule has 7 nitrogen and oxygen atoms in total. The minimum Gasteiger partial charge on any atom is -0.467 e. The Labute approximate surface area is 171 Å². The van der Waals surface area contributed by atoms with E-state index >= 15 is 0 Å². The first-order valence-corrected chi connectivity index (χ1v) is 9.83. The normalized spacial score (nSPS) is 17.3. The Morgan fingerprint density at radius 1 is 1.24 bits per heavy atom. The van der Waals surface area contributed by atoms with Crippen LogP contribution >= 0.6 is 11.3 Å². The van der Waals surface area contributed by atoms with Crippen LogP contribution in [0.3, 0.4) is 0 Å². The lowest BCUT2D eigenvalue weighted by atomic mass is 10.1. The predicted octanol–water partition coefficient (Wildman–Crippen LogP) is 2.50. The summed E-state index contributed by atoms with van der Waals surface area (Å²) in [6.07, 6.45) is 2.11. The van der Waals surface area contributed by atoms with E-state index in [4.69, 9.17) is 4.74 Å². The van der Waals surface area contributed by atoms with Crippen molar-refractivity contribution in [3.63, 3.8) is 0 Å². The molecule has 2 aromatic carbocycles. The SMILES string of the molecule is COC(=O)[C@H](Cc1ccccc1)N=C1NC(=O)/C(=C/c2ccc3ncsc3c2)N1. The number of nitrogens with zero attached hydrogens (tertiary/aromatic N) is 2. The molecule has 1 aliphatic heterocycles. The molecule has 1 fully saturated rings. The standard InChI is InChI=1S/C21H18N4O3S/c1-28-20(27)17(9-13-5-3-2-4-6-13)24-21-23-16(19(26)25-21)10-14-7-8-15-18(11-14)29-12-22-15/h2-8,10-12,17H,9H2,1H3,(H2,23,24,25,26)/b16-10-/t17-/m0/s1. The van der Waals surface area contributed by atoms with Gasteiger partial charge in [-0.1, -0.05) is 36.4 Å². The Hall–Kier alpha value is -3.52. The lowest BCUT2D eigenvalue weighted by Gasteiger charge is -2.11. The molecular weight excluding hydrogens is 388 g/mol. The number of methoxy groups -OCH3 is 1. The zero-order valence-corrected chi connectivity index (χ0v) is 16.4. The summed E-state index contributed by atoms with van der Waals surface area (Å²) in [5.41, 5.74) is 4.88. The quantitative estimate of drug-likeness (QED) is 0.502. The number of benzene rings is 2. The maximum atomic E-state index is 12.3. The largest absolute Gasteiger partial charge is 0.467 e. The highest BCUT2D eigenvalue weighted by molar-refractivity contribution is 7.16. The van der Waals surface area contributed by atoms with Gasteiger partial charge in [0, 0.05) is 6.42 Å². The van der Waals surface area contributed by atoms with Crippen LogP contribution in [0, 0.1) is 0 Å². The number of amides is 1. The molecular formula is C21H18N4O3S. The second-order valence-corrected chi connectivity index (χ2v) is 7.31. The molecule has 1 saturated heterocycles. The number of esters is 1. The van der Waals surface area contributed by atoms with E-state index in [1.54, 1.807) is 11.6 Å². The van der Waals surface area contributed by atoms with Crippen molar-refractivity contribution in [2.75, 3.05) is 7.11 Å². The second kappa shape index (κ2) is 8.24. The van der Waals surface area contributed by atoms with E-state index < -0.39 is 12.0 Å². The zero-order valence-electron chi connectivity index (χ0n) is 15.6. The number of aromatic nitrogens is 1. The maximum Gasteiger partial charge on any atom is 0.331 e. The molecule has 1 aliphatic rings. The third-order valence-corrected chi connectivity index (χ3v) is 5.22. The van der Waals surface area contributed by atoms with Gasteiger partial charge in [-0.25, -0.2) is 14.8 Å². The Balaban J connectivity index is 1.55. The lowest BCUT2D eigenvalue weighted by Crippen LogP contribution is -2.31. The summed E-state index contributed by atoms with van der Waals surface area (Å²) in [6, 6.07) is 14.5. The van der Waals surface area contributed by atoms with Crippen molar-refractivity contribution in [1.82, 2.24) is 15.6 Å². The van der Waals surface area contributed by atoms with E-state index in [1.807, 2.05) is 48.5 Å². The topological polar surface area (TPSA) is 92.7 Å². The Bertz CT molecular complexity index is 1120. The van der Waals surface area contributed by atoms with Crippen molar-refractivity contribution in [3.8, 4) is 0 Å². The van der Waals surface area contributed by atoms with Crippen LogP contribution in [0.15, 0.2) is 64.7 Å². The molecule has 4 rings (SSSR count). The maximum absolute atomic E-state index is 12.3. The molecule has 2 N–H and O–H groups in total. The summed E-state index contributed by atoms with van der Waals surface area (Å²) in [7, 11) is 1.32. The number of nitrogens with one attached hydrogen (secondary N) is 2. The molecule has 0 unspecified atom stereocenters. The fourth-order valence-electron chi connectivity index (χ4n) is 3.00. The highest BCUT2D eigenvalue weighted by Gasteiger charge is 2.26. The minimum absolute atomic E-state index is 0.228. The van der Waals surface area contributed by atoms with Gasteiger partial charge in [0.05, 0.1) is 22.8 Å². The molecule has 3 aromatic rings. The van der Waals surface area contributed by atoms with Gasteiger partial charge >= 0.3 is 5.97 Å². The number of aliphatic imine (C=N–C) groups is 1. The first-order chi connectivity index (χ1) is 14.1. The number of rotatable bonds is 5. The third kappa shape index (κ3) is 4.33. The molecule has 0 aliphatic carbocycles. The van der Waals surface area contributed by atoms with Gasteiger partial charge < -0.3 is 10.1 Å². The van der Waals surface area contributed by atoms with Gasteiger partial charge in [0.15, 0.2) is 6.04 Å². The van der Waals surface area contributed by atoms with Crippen LogP contribution < -0.4 is 10.6 Å². The van der Waals surface area contributed by atoms with Crippen LogP contribution in [0.1, 0.15) is 11.1 Å². The summed E-state index contributed by atoms with van der Waals surface area (Å²) < 4.78 is 5.91. The van der Waals surface area contributed by atoms with Crippen LogP contribution in [0.2, 0.25) is 0 Å². The molecule has 8 heteroatoms. The average Bonchev–Trinajstić information content (AvgIpc) is 3.33. The van der Waals surface area contributed by atoms with Crippen molar-refractivity contribution in [2.45, 2.75) is 12.5 Å². The number of fused-ring (bicyclic) bond motifs is 1. The molecule has 2 heterocycles. The summed E-state index contributed by atoms with van der Waals surface area (Å²) >= 11 is 1.54. The predicted molar refractivity (Wildman–Crippen MR) is 112 cm³/mol. The van der Waals surface area contributed by atoms with Crippen molar-refractivity contribution >= 4 is 45.5 Å². The first kappa shape index (κ1) is 18.8. The highest BCUT2D eigenvalue weighted by Crippen LogP contribution is 2.20. The van der Waals surface area contributed by atoms with E-state index in [-0.39, 0.29) is 11.9 Å². The number of ether oxygens (including phenoxy) is 1. The fourth-order valence-corrected chi connectivity index (χ4v) is 3.72. The molecule has 0 spiro atoms. The van der Waals surface area contributed by atoms with Gasteiger partial charge in [0.1, 0.15) is 5.70 Å². The van der Waals surface area contributed by atoms with E-state index in [9.17, 15) is 9.59 Å². The monoisotopic (exact) mass is 406 g/mol. The number of carbonyl (C=O) groups excluding carboxylic acids is 2. The summed E-state index contributed by atoms with van der Waals surface area (Å²) in [5, 5.41) is 5.62. The van der Waals surface area contributed by atoms with E-state index in [2.05, 4.69) is 20.6 Å². The van der Waals surface area contributed by atoms with Crippen molar-refractivity contribution in [1.29, 1.82) is 0 Å². The van der Waals surface area contributed by atoms with E-state index in [0.717, 1.165) is 21.3 Å². The van der Waals surface area contributed by atoms with Gasteiger partial charge in [-0.15, -0.1) is 11.3 Å². The van der Waals surface area contributed by atoms with E-state index in [1.165, 1.54) is 18.4 Å². The molecule has 146 valence electrons. The minimum atomic E-state index is -0.766. The van der Waals surface area contributed by atoms with Gasteiger partial charge in [0.25, 0.3) is 5.91 Å². The summed E-state index contributed by atoms with van der Waals surface area (Å²) in [6.45, 7) is 0.